The van der Waals surface area contributed by atoms with Crippen LogP contribution in [0.2, 0.25) is 0 Å². The molecule has 0 saturated heterocycles. The lowest BCUT2D eigenvalue weighted by atomic mass is 11.4. The molecule has 0 rings (SSSR count). The zero-order chi connectivity index (χ0) is 7.11. The summed E-state index contributed by atoms with van der Waals surface area (Å²) in [5.74, 6) is 0.335. The van der Waals surface area contributed by atoms with Crippen LogP contribution in [-0.4, -0.2) is 25.0 Å². The monoisotopic (exact) mass is 148 g/mol. The number of nitrogens with one attached hydrogen (secondary N) is 1. The van der Waals surface area contributed by atoms with E-state index in [1.165, 1.54) is 7.11 Å². The zero-order valence-corrected chi connectivity index (χ0v) is 5.90. The molecule has 1 N–H and O–H groups in total. The first kappa shape index (κ1) is 8.45. The fraction of sp³-hybridized carbons (Fsp3) is 0.500. The lowest BCUT2D eigenvalue weighted by Crippen LogP contribution is -2.10. The molecule has 0 aromatic heterocycles. The van der Waals surface area contributed by atoms with E-state index < -0.39 is 0 Å². The maximum Gasteiger partial charge on any atom is 0.301 e. The van der Waals surface area contributed by atoms with Gasteiger partial charge in [0.15, 0.2) is 0 Å². The predicted octanol–water partition coefficient (Wildman–Crippen LogP) is 0.649. The highest BCUT2D eigenvalue weighted by atomic mass is 32.2. The average molecular weight is 148 g/mol. The van der Waals surface area contributed by atoms with E-state index in [9.17, 15) is 4.79 Å². The third-order valence-electron chi connectivity index (χ3n) is 0.478. The van der Waals surface area contributed by atoms with Crippen molar-refractivity contribution in [1.29, 1.82) is 0 Å². The van der Waals surface area contributed by atoms with Crippen LogP contribution in [0.25, 0.3) is 0 Å². The van der Waals surface area contributed by atoms with Crippen molar-refractivity contribution >= 4 is 23.7 Å². The molecular formula is C4H8N2O2S. The summed E-state index contributed by atoms with van der Waals surface area (Å²) in [5.41, 5.74) is 2.14. The molecule has 0 aliphatic carbocycles. The largest absolute Gasteiger partial charge is 0.374 e. The van der Waals surface area contributed by atoms with Crippen LogP contribution in [0.5, 0.6) is 0 Å². The number of carbonyl (C=O) groups excluding carboxylic acids is 1. The first-order chi connectivity index (χ1) is 4.31. The highest BCUT2D eigenvalue weighted by Gasteiger charge is 1.96. The van der Waals surface area contributed by atoms with Gasteiger partial charge < -0.3 is 4.74 Å². The summed E-state index contributed by atoms with van der Waals surface area (Å²) in [6, 6.07) is 0. The van der Waals surface area contributed by atoms with E-state index in [1.807, 2.05) is 0 Å². The van der Waals surface area contributed by atoms with E-state index in [0.717, 1.165) is 11.8 Å². The Morgan fingerprint density at radius 1 is 2.00 bits per heavy atom. The van der Waals surface area contributed by atoms with Crippen molar-refractivity contribution in [3.05, 3.63) is 0 Å². The van der Waals surface area contributed by atoms with Crippen molar-refractivity contribution in [3.8, 4) is 0 Å². The van der Waals surface area contributed by atoms with Crippen LogP contribution in [0.3, 0.4) is 0 Å². The van der Waals surface area contributed by atoms with Crippen LogP contribution in [0.4, 0.5) is 4.79 Å². The smallest absolute Gasteiger partial charge is 0.301 e. The van der Waals surface area contributed by atoms with Gasteiger partial charge in [0.05, 0.1) is 0 Å². The number of carbonyl (C=O) groups is 1. The summed E-state index contributed by atoms with van der Waals surface area (Å²) >= 11 is 0.995. The molecule has 0 saturated carbocycles. The van der Waals surface area contributed by atoms with E-state index in [4.69, 9.17) is 0 Å². The van der Waals surface area contributed by atoms with Crippen molar-refractivity contribution < 1.29 is 9.53 Å². The quantitative estimate of drug-likeness (QED) is 0.363. The molecule has 4 nitrogen and oxygen atoms in total. The summed E-state index contributed by atoms with van der Waals surface area (Å²) in [6.45, 7) is 3.07. The Hall–Kier alpha value is -0.550. The summed E-state index contributed by atoms with van der Waals surface area (Å²) in [6.07, 6.45) is 0. The van der Waals surface area contributed by atoms with Crippen LogP contribution < -0.4 is 5.43 Å². The van der Waals surface area contributed by atoms with E-state index >= 15 is 0 Å². The summed E-state index contributed by atoms with van der Waals surface area (Å²) in [4.78, 5) is 10.4. The predicted molar refractivity (Wildman–Crippen MR) is 37.5 cm³/mol. The Balaban J connectivity index is 3.16. The number of methoxy groups -OCH3 is 1. The highest BCUT2D eigenvalue weighted by Crippen LogP contribution is 1.99. The van der Waals surface area contributed by atoms with Crippen molar-refractivity contribution in [1.82, 2.24) is 5.43 Å². The zero-order valence-electron chi connectivity index (χ0n) is 5.09. The minimum absolute atomic E-state index is 0.258. The number of amides is 1. The molecule has 52 valence electrons. The van der Waals surface area contributed by atoms with Gasteiger partial charge in [0.2, 0.25) is 0 Å². The molecular weight excluding hydrogens is 140 g/mol. The number of hydrogen-bond donors (Lipinski definition) is 1. The molecule has 0 radical (unpaired) electrons. The van der Waals surface area contributed by atoms with E-state index in [0.29, 0.717) is 5.94 Å². The van der Waals surface area contributed by atoms with E-state index in [-0.39, 0.29) is 5.24 Å². The Bertz CT molecular complexity index is 107. The average Bonchev–Trinajstić information content (AvgIpc) is 1.85. The molecule has 0 spiro atoms. The minimum atomic E-state index is -0.258. The van der Waals surface area contributed by atoms with Gasteiger partial charge in [-0.3, -0.25) is 4.79 Å². The first-order valence-electron chi connectivity index (χ1n) is 2.18. The number of rotatable bonds is 3. The van der Waals surface area contributed by atoms with Gasteiger partial charge in [-0.15, -0.1) is 0 Å². The Morgan fingerprint density at radius 2 is 2.67 bits per heavy atom. The Kier molecular flexibility index (Phi) is 5.24. The molecule has 0 aromatic carbocycles. The Labute approximate surface area is 57.6 Å². The lowest BCUT2D eigenvalue weighted by molar-refractivity contribution is 0.252. The second kappa shape index (κ2) is 5.58. The molecule has 0 aromatic rings. The fourth-order valence-electron chi connectivity index (χ4n) is 0.209. The third kappa shape index (κ3) is 5.32. The summed E-state index contributed by atoms with van der Waals surface area (Å²) in [5, 5.41) is 2.91. The minimum Gasteiger partial charge on any atom is -0.374 e. The van der Waals surface area contributed by atoms with Crippen LogP contribution in [0.15, 0.2) is 5.10 Å². The van der Waals surface area contributed by atoms with Crippen LogP contribution in [0.1, 0.15) is 0 Å². The molecule has 1 amide bonds. The molecule has 0 bridgehead atoms. The molecule has 9 heavy (non-hydrogen) atoms. The van der Waals surface area contributed by atoms with E-state index in [1.54, 1.807) is 0 Å². The lowest BCUT2D eigenvalue weighted by Gasteiger charge is -1.94. The van der Waals surface area contributed by atoms with Crippen molar-refractivity contribution in [2.75, 3.05) is 13.0 Å². The maximum absolute atomic E-state index is 10.4. The second-order valence-electron chi connectivity index (χ2n) is 1.11. The topological polar surface area (TPSA) is 50.7 Å². The van der Waals surface area contributed by atoms with Gasteiger partial charge in [0.25, 0.3) is 0 Å². The van der Waals surface area contributed by atoms with Crippen molar-refractivity contribution in [3.63, 3.8) is 0 Å². The molecule has 0 aliphatic heterocycles. The maximum atomic E-state index is 10.4. The van der Waals surface area contributed by atoms with Gasteiger partial charge in [-0.25, -0.2) is 5.43 Å². The summed E-state index contributed by atoms with van der Waals surface area (Å²) in [7, 11) is 1.52. The second-order valence-corrected chi connectivity index (χ2v) is 2.00. The van der Waals surface area contributed by atoms with Gasteiger partial charge in [-0.2, -0.15) is 5.10 Å². The standard InChI is InChI=1S/C4H8N2O2S/c1-5-6-4(7)9-3-8-2/h1,3H2,2H3,(H,6,7). The van der Waals surface area contributed by atoms with Gasteiger partial charge in [-0.05, 0) is 11.8 Å². The Morgan fingerprint density at radius 3 is 3.11 bits per heavy atom. The van der Waals surface area contributed by atoms with Crippen LogP contribution in [0, 0.1) is 0 Å². The normalized spacial score (nSPS) is 8.56. The van der Waals surface area contributed by atoms with Crippen LogP contribution >= 0.6 is 11.8 Å². The molecule has 0 atom stereocenters. The third-order valence-corrected chi connectivity index (χ3v) is 1.19. The van der Waals surface area contributed by atoms with Gasteiger partial charge >= 0.3 is 5.24 Å². The number of hydrogen-bond acceptors (Lipinski definition) is 4. The summed E-state index contributed by atoms with van der Waals surface area (Å²) < 4.78 is 4.60. The van der Waals surface area contributed by atoms with Gasteiger partial charge in [0, 0.05) is 13.8 Å². The molecule has 0 unspecified atom stereocenters. The number of hydrazone groups is 1. The number of nitrogens with zero attached hydrogens (tertiary/aromatic N) is 1. The molecule has 0 aliphatic rings. The van der Waals surface area contributed by atoms with Crippen LogP contribution in [-0.2, 0) is 4.74 Å². The fourth-order valence-corrected chi connectivity index (χ4v) is 0.563. The molecule has 5 heteroatoms. The van der Waals surface area contributed by atoms with Gasteiger partial charge in [0.1, 0.15) is 5.94 Å². The van der Waals surface area contributed by atoms with Crippen molar-refractivity contribution in [2.24, 2.45) is 5.10 Å². The molecule has 0 fully saturated rings. The molecule has 0 heterocycles. The SMILES string of the molecule is C=NNC(=O)SCOC. The first-order valence-corrected chi connectivity index (χ1v) is 3.17. The van der Waals surface area contributed by atoms with Crippen molar-refractivity contribution in [2.45, 2.75) is 0 Å². The number of thioether (sulfide) groups is 1. The number of ether oxygens (including phenoxy) is 1. The van der Waals surface area contributed by atoms with E-state index in [2.05, 4.69) is 22.0 Å². The highest BCUT2D eigenvalue weighted by molar-refractivity contribution is 8.13. The van der Waals surface area contributed by atoms with Gasteiger partial charge in [-0.1, -0.05) is 0 Å².